The van der Waals surface area contributed by atoms with Crippen LogP contribution in [0.15, 0.2) is 47.5 Å². The molecule has 0 atom stereocenters. The van der Waals surface area contributed by atoms with Crippen LogP contribution in [0.4, 0.5) is 5.82 Å². The first-order valence-corrected chi connectivity index (χ1v) is 10.4. The zero-order chi connectivity index (χ0) is 21.3. The topological polar surface area (TPSA) is 102 Å². The molecule has 0 amide bonds. The number of aromatic nitrogens is 2. The van der Waals surface area contributed by atoms with Gasteiger partial charge in [-0.15, -0.1) is 24.8 Å². The zero-order valence-electron chi connectivity index (χ0n) is 17.9. The second-order valence-electron chi connectivity index (χ2n) is 7.13. The molecule has 1 aromatic heterocycles. The monoisotopic (exact) mass is 494 g/mol. The van der Waals surface area contributed by atoms with Crippen LogP contribution < -0.4 is 16.8 Å². The number of rotatable bonds is 9. The first kappa shape index (κ1) is 27.5. The maximum absolute atomic E-state index is 5.96. The summed E-state index contributed by atoms with van der Waals surface area (Å²) in [6, 6.07) is 13.9. The van der Waals surface area contributed by atoms with E-state index in [9.17, 15) is 0 Å². The SMILES string of the molecule is Cc1ccc2nc(/C=C/c3ccc(Cl)cc3)nc(NCCCCCN=C(N)N)c2c1.Cl.Cl. The normalized spacial score (nSPS) is 10.4. The third-order valence-electron chi connectivity index (χ3n) is 4.59. The van der Waals surface area contributed by atoms with Gasteiger partial charge in [-0.2, -0.15) is 0 Å². The fourth-order valence-electron chi connectivity index (χ4n) is 3.04. The first-order chi connectivity index (χ1) is 14.5. The van der Waals surface area contributed by atoms with Crippen LogP contribution in [-0.2, 0) is 0 Å². The van der Waals surface area contributed by atoms with Gasteiger partial charge in [0.15, 0.2) is 11.8 Å². The van der Waals surface area contributed by atoms with Crippen molar-refractivity contribution in [1.82, 2.24) is 9.97 Å². The number of guanidine groups is 1. The van der Waals surface area contributed by atoms with Crippen LogP contribution >= 0.6 is 36.4 Å². The molecule has 3 rings (SSSR count). The molecule has 0 aliphatic heterocycles. The lowest BCUT2D eigenvalue weighted by molar-refractivity contribution is 0.706. The highest BCUT2D eigenvalue weighted by Crippen LogP contribution is 2.23. The number of hydrogen-bond donors (Lipinski definition) is 3. The summed E-state index contributed by atoms with van der Waals surface area (Å²) in [6.45, 7) is 3.56. The van der Waals surface area contributed by atoms with Crippen LogP contribution in [0.2, 0.25) is 5.02 Å². The minimum atomic E-state index is 0. The van der Waals surface area contributed by atoms with Crippen molar-refractivity contribution in [2.24, 2.45) is 16.5 Å². The number of nitrogens with one attached hydrogen (secondary N) is 1. The van der Waals surface area contributed by atoms with Gasteiger partial charge in [0.05, 0.1) is 5.52 Å². The van der Waals surface area contributed by atoms with Gasteiger partial charge in [-0.25, -0.2) is 9.97 Å². The van der Waals surface area contributed by atoms with E-state index in [0.29, 0.717) is 17.4 Å². The molecule has 6 nitrogen and oxygen atoms in total. The number of halogens is 3. The molecule has 0 fully saturated rings. The van der Waals surface area contributed by atoms with Crippen molar-refractivity contribution < 1.29 is 0 Å². The predicted octanol–water partition coefficient (Wildman–Crippen LogP) is 5.46. The van der Waals surface area contributed by atoms with Crippen molar-refractivity contribution >= 4 is 71.2 Å². The minimum Gasteiger partial charge on any atom is -0.370 e. The van der Waals surface area contributed by atoms with Crippen LogP contribution in [-0.4, -0.2) is 29.0 Å². The molecule has 0 aliphatic carbocycles. The lowest BCUT2D eigenvalue weighted by Crippen LogP contribution is -2.22. The van der Waals surface area contributed by atoms with Crippen LogP contribution in [0.5, 0.6) is 0 Å². The van der Waals surface area contributed by atoms with Crippen molar-refractivity contribution in [3.63, 3.8) is 0 Å². The van der Waals surface area contributed by atoms with Crippen molar-refractivity contribution in [2.45, 2.75) is 26.2 Å². The molecular formula is C23H29Cl3N6. The maximum Gasteiger partial charge on any atom is 0.185 e. The summed E-state index contributed by atoms with van der Waals surface area (Å²) < 4.78 is 0. The Morgan fingerprint density at radius 3 is 2.47 bits per heavy atom. The standard InChI is InChI=1S/C23H27ClN6.2ClH/c1-16-5-11-20-19(15-16)22(27-13-3-2-4-14-28-23(25)26)30-21(29-20)12-8-17-6-9-18(24)10-7-17;;/h5-12,15H,2-4,13-14H2,1H3,(H4,25,26,28)(H,27,29,30);2*1H/b12-8+;;. The van der Waals surface area contributed by atoms with Gasteiger partial charge in [0.25, 0.3) is 0 Å². The Kier molecular flexibility index (Phi) is 11.8. The molecule has 0 spiro atoms. The smallest absolute Gasteiger partial charge is 0.185 e. The van der Waals surface area contributed by atoms with Crippen LogP contribution in [0.1, 0.15) is 36.2 Å². The second-order valence-corrected chi connectivity index (χ2v) is 7.57. The minimum absolute atomic E-state index is 0. The maximum atomic E-state index is 5.96. The highest BCUT2D eigenvalue weighted by molar-refractivity contribution is 6.30. The molecular weight excluding hydrogens is 467 g/mol. The van der Waals surface area contributed by atoms with Crippen molar-refractivity contribution in [1.29, 1.82) is 0 Å². The van der Waals surface area contributed by atoms with E-state index in [1.807, 2.05) is 42.5 Å². The van der Waals surface area contributed by atoms with Gasteiger partial charge in [0.1, 0.15) is 5.82 Å². The predicted molar refractivity (Wildman–Crippen MR) is 142 cm³/mol. The number of unbranched alkanes of at least 4 members (excludes halogenated alkanes) is 2. The van der Waals surface area contributed by atoms with Crippen LogP contribution in [0, 0.1) is 6.92 Å². The molecule has 1 heterocycles. The largest absolute Gasteiger partial charge is 0.370 e. The Balaban J connectivity index is 0.00000256. The van der Waals surface area contributed by atoms with E-state index in [4.69, 9.17) is 33.0 Å². The number of aryl methyl sites for hydroxylation is 1. The number of nitrogens with zero attached hydrogens (tertiary/aromatic N) is 3. The van der Waals surface area contributed by atoms with E-state index < -0.39 is 0 Å². The van der Waals surface area contributed by atoms with Crippen molar-refractivity contribution in [2.75, 3.05) is 18.4 Å². The molecule has 9 heteroatoms. The van der Waals surface area contributed by atoms with Crippen molar-refractivity contribution in [3.05, 3.63) is 64.4 Å². The van der Waals surface area contributed by atoms with E-state index in [2.05, 4.69) is 29.4 Å². The number of benzene rings is 2. The third kappa shape index (κ3) is 8.54. The zero-order valence-corrected chi connectivity index (χ0v) is 20.3. The quantitative estimate of drug-likeness (QED) is 0.208. The number of aliphatic imine (C=N–C) groups is 1. The molecule has 2 aromatic carbocycles. The molecule has 0 bridgehead atoms. The molecule has 0 radical (unpaired) electrons. The highest BCUT2D eigenvalue weighted by Gasteiger charge is 2.07. The summed E-state index contributed by atoms with van der Waals surface area (Å²) in [5.74, 6) is 1.66. The molecule has 0 saturated heterocycles. The van der Waals surface area contributed by atoms with Gasteiger partial charge in [-0.3, -0.25) is 4.99 Å². The van der Waals surface area contributed by atoms with Gasteiger partial charge < -0.3 is 16.8 Å². The fourth-order valence-corrected chi connectivity index (χ4v) is 3.17. The average molecular weight is 496 g/mol. The average Bonchev–Trinajstić information content (AvgIpc) is 2.72. The lowest BCUT2D eigenvalue weighted by atomic mass is 10.1. The fraction of sp³-hybridized carbons (Fsp3) is 0.261. The Hall–Kier alpha value is -2.54. The van der Waals surface area contributed by atoms with Gasteiger partial charge in [0.2, 0.25) is 0 Å². The van der Waals surface area contributed by atoms with Crippen LogP contribution in [0.25, 0.3) is 23.1 Å². The summed E-state index contributed by atoms with van der Waals surface area (Å²) in [5.41, 5.74) is 13.8. The van der Waals surface area contributed by atoms with Gasteiger partial charge in [0, 0.05) is 23.5 Å². The number of hydrogen-bond acceptors (Lipinski definition) is 4. The van der Waals surface area contributed by atoms with Gasteiger partial charge >= 0.3 is 0 Å². The molecule has 5 N–H and O–H groups in total. The Labute approximate surface area is 206 Å². The summed E-state index contributed by atoms with van der Waals surface area (Å²) in [5, 5.41) is 5.22. The Morgan fingerprint density at radius 1 is 1.00 bits per heavy atom. The highest BCUT2D eigenvalue weighted by atomic mass is 35.5. The number of fused-ring (bicyclic) bond motifs is 1. The van der Waals surface area contributed by atoms with E-state index >= 15 is 0 Å². The van der Waals surface area contributed by atoms with Crippen molar-refractivity contribution in [3.8, 4) is 0 Å². The molecule has 3 aromatic rings. The molecule has 32 heavy (non-hydrogen) atoms. The van der Waals surface area contributed by atoms with E-state index in [1.54, 1.807) is 0 Å². The number of anilines is 1. The van der Waals surface area contributed by atoms with E-state index in [-0.39, 0.29) is 30.8 Å². The number of nitrogens with two attached hydrogens (primary N) is 2. The lowest BCUT2D eigenvalue weighted by Gasteiger charge is -2.10. The second kappa shape index (κ2) is 13.8. The third-order valence-corrected chi connectivity index (χ3v) is 4.84. The summed E-state index contributed by atoms with van der Waals surface area (Å²) in [6.07, 6.45) is 6.91. The van der Waals surface area contributed by atoms with E-state index in [0.717, 1.165) is 48.1 Å². The first-order valence-electron chi connectivity index (χ1n) is 10.0. The Bertz CT molecular complexity index is 1050. The summed E-state index contributed by atoms with van der Waals surface area (Å²) in [7, 11) is 0. The van der Waals surface area contributed by atoms with Crippen LogP contribution in [0.3, 0.4) is 0 Å². The molecule has 0 saturated carbocycles. The van der Waals surface area contributed by atoms with Gasteiger partial charge in [-0.05, 0) is 62.1 Å². The molecule has 0 aliphatic rings. The molecule has 172 valence electrons. The Morgan fingerprint density at radius 2 is 1.75 bits per heavy atom. The summed E-state index contributed by atoms with van der Waals surface area (Å²) >= 11 is 5.96. The molecule has 0 unspecified atom stereocenters. The summed E-state index contributed by atoms with van der Waals surface area (Å²) in [4.78, 5) is 13.4. The van der Waals surface area contributed by atoms with E-state index in [1.165, 1.54) is 5.56 Å². The van der Waals surface area contributed by atoms with Gasteiger partial charge in [-0.1, -0.05) is 41.4 Å².